The van der Waals surface area contributed by atoms with E-state index in [-0.39, 0.29) is 97.4 Å². The van der Waals surface area contributed by atoms with Gasteiger partial charge in [0.15, 0.2) is 35.4 Å². The number of anilines is 2. The standard InChI is InChI=1S/C64H102N14O34P6/c1-61(2,41(79)19-25-67-43(81)21-27-69-57(87)51(85)63(5,6)31-105-117(99,100)111-115(95,96)103-29-39-49(109-113(89,90)91)47(83)59(107-39)77-35-75-45-53(65)71-33-73-55(45)77)23-13-11-17-37-15-9-10-16-38(37)18-12-14-24-62(3,4)42(80)20-26-68-44(82)22-28-70-58(88)52(86)64(7,8)32-106-118(101,102)112-116(97,98)104-30-40-50(110-114(92,93)94)48(84)60(108-40)78-36-76-46-54(66)72-34-74-56(46)78/h9-10,15-16,33-36,39-40,47-52,59-60,83-86H,11-14,17-32H2,1-8H3,(H,67,81)(H,68,82)(H,69,87)(H,70,88)(H,95,96)(H,97,98)(H,99,100)(H,101,102)(H2,65,71,73)(H2,66,72,74)(H2,89,90,91)(H2,92,93,94)/p-8. The van der Waals surface area contributed by atoms with Crippen LogP contribution in [0.2, 0.25) is 0 Å². The van der Waals surface area contributed by atoms with Crippen molar-refractivity contribution in [1.29, 1.82) is 0 Å². The number of hydrogen-bond acceptors (Lipinski definition) is 42. The number of unbranched alkanes of at least 4 members (excludes halogenated alkanes) is 2. The Kier molecular flexibility index (Phi) is 34.5. The molecule has 0 radical (unpaired) electrons. The summed E-state index contributed by atoms with van der Waals surface area (Å²) >= 11 is 0. The molecule has 2 fully saturated rings. The fourth-order valence-electron chi connectivity index (χ4n) is 12.2. The van der Waals surface area contributed by atoms with Crippen LogP contribution in [0.15, 0.2) is 49.6 Å². The maximum atomic E-state index is 13.3. The average molecular weight is 1790 g/mol. The van der Waals surface area contributed by atoms with Gasteiger partial charge in [-0.05, 0) is 49.7 Å². The number of imidazole rings is 2. The number of phosphoric ester groups is 6. The van der Waals surface area contributed by atoms with Gasteiger partial charge in [-0.3, -0.25) is 56.2 Å². The number of aliphatic hydroxyl groups excluding tert-OH is 4. The van der Waals surface area contributed by atoms with Crippen LogP contribution < -0.4 is 71.9 Å². The number of aromatic nitrogens is 8. The minimum absolute atomic E-state index is 0.00139. The molecule has 2 aliphatic rings. The highest BCUT2D eigenvalue weighted by atomic mass is 31.3. The van der Waals surface area contributed by atoms with Gasteiger partial charge in [-0.2, -0.15) is 0 Å². The van der Waals surface area contributed by atoms with Crippen molar-refractivity contribution < 1.29 is 161 Å². The molecular formula is C64H94N14O34P6-8. The molecule has 7 rings (SSSR count). The van der Waals surface area contributed by atoms with E-state index in [1.54, 1.807) is 0 Å². The number of nitrogen functional groups attached to an aromatic ring is 2. The van der Waals surface area contributed by atoms with Gasteiger partial charge in [-0.1, -0.05) is 92.5 Å². The van der Waals surface area contributed by atoms with E-state index >= 15 is 0 Å². The largest absolute Gasteiger partial charge is 0.790 e. The summed E-state index contributed by atoms with van der Waals surface area (Å²) in [7, 11) is -35.7. The highest BCUT2D eigenvalue weighted by Gasteiger charge is 2.50. The Balaban J connectivity index is 0.717. The summed E-state index contributed by atoms with van der Waals surface area (Å²) in [5.41, 5.74) is 8.72. The van der Waals surface area contributed by atoms with E-state index < -0.39 is 180 Å². The quantitative estimate of drug-likeness (QED) is 0.0136. The lowest BCUT2D eigenvalue weighted by Crippen LogP contribution is -2.46. The fraction of sp³-hybridized carbons (Fsp3) is 0.656. The number of Topliss-reactive ketones (excluding diaryl/α,β-unsaturated/α-hetero) is 2. The second-order valence-corrected chi connectivity index (χ2v) is 38.4. The topological polar surface area (TPSA) is 750 Å². The molecule has 662 valence electrons. The number of ether oxygens (including phenoxy) is 2. The maximum absolute atomic E-state index is 13.3. The zero-order valence-corrected chi connectivity index (χ0v) is 70.4. The zero-order valence-electron chi connectivity index (χ0n) is 65.0. The smallest absolute Gasteiger partial charge is 0.274 e. The van der Waals surface area contributed by atoms with Crippen molar-refractivity contribution in [3.63, 3.8) is 0 Å². The first-order valence-corrected chi connectivity index (χ1v) is 45.2. The first-order valence-electron chi connectivity index (χ1n) is 36.4. The number of aliphatic hydroxyl groups is 4. The molecule has 54 heteroatoms. The van der Waals surface area contributed by atoms with Crippen LogP contribution in [-0.4, -0.2) is 196 Å². The third kappa shape index (κ3) is 29.2. The second-order valence-electron chi connectivity index (χ2n) is 30.3. The Labute approximate surface area is 674 Å². The van der Waals surface area contributed by atoms with Crippen molar-refractivity contribution in [2.24, 2.45) is 21.7 Å². The van der Waals surface area contributed by atoms with Gasteiger partial charge in [-0.15, -0.1) is 0 Å². The van der Waals surface area contributed by atoms with Crippen molar-refractivity contribution in [2.75, 3.05) is 64.1 Å². The van der Waals surface area contributed by atoms with Crippen molar-refractivity contribution in [2.45, 2.75) is 194 Å². The Morgan fingerprint density at radius 3 is 1.19 bits per heavy atom. The number of hydrogen-bond donors (Lipinski definition) is 10. The molecule has 4 aromatic heterocycles. The number of phosphoric acid groups is 6. The number of aryl methyl sites for hydroxylation is 2. The molecule has 0 aliphatic carbocycles. The van der Waals surface area contributed by atoms with E-state index in [1.165, 1.54) is 27.7 Å². The van der Waals surface area contributed by atoms with Crippen LogP contribution in [0.25, 0.3) is 22.3 Å². The third-order valence-electron chi connectivity index (χ3n) is 19.1. The van der Waals surface area contributed by atoms with E-state index in [1.807, 2.05) is 52.0 Å². The number of carbonyl (C=O) groups excluding carboxylic acids is 6. The monoisotopic (exact) mass is 1790 g/mol. The zero-order chi connectivity index (χ0) is 88.0. The molecule has 2 saturated heterocycles. The fourth-order valence-corrected chi connectivity index (χ4v) is 17.7. The first kappa shape index (κ1) is 98.7. The number of ketones is 2. The normalized spacial score (nSPS) is 21.6. The summed E-state index contributed by atoms with van der Waals surface area (Å²) in [5.74, 6) is -3.70. The molecule has 118 heavy (non-hydrogen) atoms. The number of rotatable bonds is 50. The summed E-state index contributed by atoms with van der Waals surface area (Å²) in [6.07, 6.45) is -10.5. The Morgan fingerprint density at radius 2 is 0.839 bits per heavy atom. The Hall–Kier alpha value is -6.36. The molecule has 48 nitrogen and oxygen atoms in total. The molecule has 1 aromatic carbocycles. The number of nitrogens with zero attached hydrogens (tertiary/aromatic N) is 8. The summed E-state index contributed by atoms with van der Waals surface area (Å²) < 4.78 is 123. The second kappa shape index (κ2) is 41.2. The molecule has 6 heterocycles. The number of benzene rings is 1. The van der Waals surface area contributed by atoms with E-state index in [4.69, 9.17) is 20.9 Å². The van der Waals surface area contributed by atoms with Crippen LogP contribution in [0.4, 0.5) is 11.6 Å². The lowest BCUT2D eigenvalue weighted by molar-refractivity contribution is -0.348. The predicted molar refractivity (Wildman–Crippen MR) is 390 cm³/mol. The molecule has 4 amide bonds. The van der Waals surface area contributed by atoms with E-state index in [9.17, 15) is 116 Å². The van der Waals surface area contributed by atoms with Crippen LogP contribution in [0.1, 0.15) is 143 Å². The molecular weight excluding hydrogens is 1690 g/mol. The molecule has 14 unspecified atom stereocenters. The number of nitrogens with two attached hydrogens (primary N) is 2. The number of amides is 4. The van der Waals surface area contributed by atoms with Crippen molar-refractivity contribution in [3.8, 4) is 0 Å². The predicted octanol–water partition coefficient (Wildman–Crippen LogP) is -3.14. The van der Waals surface area contributed by atoms with Crippen molar-refractivity contribution in [1.82, 2.24) is 60.3 Å². The van der Waals surface area contributed by atoms with Crippen LogP contribution >= 0.6 is 46.9 Å². The molecule has 0 saturated carbocycles. The van der Waals surface area contributed by atoms with E-state index in [0.717, 1.165) is 71.3 Å². The van der Waals surface area contributed by atoms with Crippen LogP contribution in [0.5, 0.6) is 0 Å². The van der Waals surface area contributed by atoms with Gasteiger partial charge in [0.05, 0.1) is 54.7 Å². The summed E-state index contributed by atoms with van der Waals surface area (Å²) in [5, 5.41) is 53.3. The molecule has 14 atom stereocenters. The summed E-state index contributed by atoms with van der Waals surface area (Å²) in [6.45, 7) is 6.49. The van der Waals surface area contributed by atoms with Gasteiger partial charge in [0.25, 0.3) is 31.3 Å². The van der Waals surface area contributed by atoms with Crippen molar-refractivity contribution >= 4 is 116 Å². The first-order chi connectivity index (χ1) is 54.6. The highest BCUT2D eigenvalue weighted by Crippen LogP contribution is 2.58. The average Bonchev–Trinajstić information content (AvgIpc) is 1.62. The Bertz CT molecular complexity index is 4360. The SMILES string of the molecule is CC(C)(CCCCc1ccccc1CCCCC(C)(C)C(=O)CCNC(=O)CCNC(=O)C(O)C(C)(C)COP(=O)([O-])OP(=O)([O-])OCC1OC(n2cnc3c(N)ncnc32)C(O)C1OP(=O)([O-])[O-])C(=O)CCNC(=O)CCNC(=O)C(O)C(C)(C)COP(=O)([O-])OP(=O)([O-])OCC1OC(n2cnc3c(N)ncnc32)C(O)C1OP(=O)([O-])[O-]. The molecule has 12 N–H and O–H groups in total. The molecule has 0 bridgehead atoms. The van der Waals surface area contributed by atoms with Crippen LogP contribution in [0.3, 0.4) is 0 Å². The minimum Gasteiger partial charge on any atom is -0.790 e. The van der Waals surface area contributed by atoms with Gasteiger partial charge in [0.2, 0.25) is 23.6 Å². The van der Waals surface area contributed by atoms with Gasteiger partial charge in [0, 0.05) is 73.5 Å². The minimum atomic E-state index is -6.00. The van der Waals surface area contributed by atoms with Gasteiger partial charge in [-0.25, -0.2) is 38.5 Å². The Morgan fingerprint density at radius 1 is 0.500 bits per heavy atom. The molecule has 2 aliphatic heterocycles. The van der Waals surface area contributed by atoms with Crippen LogP contribution in [-0.2, 0) is 114 Å². The van der Waals surface area contributed by atoms with Crippen molar-refractivity contribution in [3.05, 3.63) is 60.7 Å². The number of carbonyl (C=O) groups is 6. The lowest BCUT2D eigenvalue weighted by atomic mass is 9.80. The summed E-state index contributed by atoms with van der Waals surface area (Å²) in [6, 6.07) is 7.96. The third-order valence-corrected chi connectivity index (χ3v) is 25.1. The molecule has 5 aromatic rings. The van der Waals surface area contributed by atoms with Gasteiger partial charge < -0.3 is 138 Å². The molecule has 0 spiro atoms. The number of nitrogens with one attached hydrogen (secondary N) is 4. The number of fused-ring (bicyclic) bond motifs is 2. The highest BCUT2D eigenvalue weighted by molar-refractivity contribution is 7.60. The summed E-state index contributed by atoms with van der Waals surface area (Å²) in [4.78, 5) is 198. The van der Waals surface area contributed by atoms with Gasteiger partial charge in [0.1, 0.15) is 84.1 Å². The van der Waals surface area contributed by atoms with Gasteiger partial charge >= 0.3 is 0 Å². The van der Waals surface area contributed by atoms with E-state index in [0.29, 0.717) is 25.7 Å². The van der Waals surface area contributed by atoms with E-state index in [2.05, 4.69) is 86.9 Å². The lowest BCUT2D eigenvalue weighted by Gasteiger charge is -2.36. The van der Waals surface area contributed by atoms with Crippen LogP contribution in [0, 0.1) is 21.7 Å². The maximum Gasteiger partial charge on any atom is 0.274 e.